The van der Waals surface area contributed by atoms with Gasteiger partial charge < -0.3 is 11.1 Å². The summed E-state index contributed by atoms with van der Waals surface area (Å²) in [6, 6.07) is 13.1. The van der Waals surface area contributed by atoms with Gasteiger partial charge in [-0.2, -0.15) is 0 Å². The number of anilines is 2. The molecular formula is C17H19ClN2OS. The van der Waals surface area contributed by atoms with E-state index in [1.807, 2.05) is 50.2 Å². The van der Waals surface area contributed by atoms with Crippen LogP contribution in [0.15, 0.2) is 47.4 Å². The van der Waals surface area contributed by atoms with E-state index in [2.05, 4.69) is 5.32 Å². The van der Waals surface area contributed by atoms with E-state index in [1.54, 1.807) is 6.07 Å². The van der Waals surface area contributed by atoms with Crippen molar-refractivity contribution in [3.05, 3.63) is 53.1 Å². The summed E-state index contributed by atoms with van der Waals surface area (Å²) >= 11 is 7.62. The molecule has 3 N–H and O–H groups in total. The maximum atomic E-state index is 12.4. The number of carbonyl (C=O) groups is 1. The van der Waals surface area contributed by atoms with Crippen molar-refractivity contribution in [2.75, 3.05) is 11.1 Å². The fourth-order valence-electron chi connectivity index (χ4n) is 1.93. The fourth-order valence-corrected chi connectivity index (χ4v) is 3.06. The molecule has 0 fully saturated rings. The van der Waals surface area contributed by atoms with Gasteiger partial charge >= 0.3 is 0 Å². The van der Waals surface area contributed by atoms with Gasteiger partial charge in [-0.05, 0) is 55.3 Å². The lowest BCUT2D eigenvalue weighted by molar-refractivity contribution is -0.115. The van der Waals surface area contributed by atoms with Crippen molar-refractivity contribution in [3.63, 3.8) is 0 Å². The van der Waals surface area contributed by atoms with Gasteiger partial charge in [0, 0.05) is 21.3 Å². The van der Waals surface area contributed by atoms with Crippen LogP contribution >= 0.6 is 23.4 Å². The highest BCUT2D eigenvalue weighted by molar-refractivity contribution is 8.00. The zero-order valence-corrected chi connectivity index (χ0v) is 14.2. The lowest BCUT2D eigenvalue weighted by Crippen LogP contribution is -2.24. The number of benzene rings is 2. The van der Waals surface area contributed by atoms with E-state index in [0.717, 1.165) is 28.3 Å². The lowest BCUT2D eigenvalue weighted by Gasteiger charge is -2.15. The van der Waals surface area contributed by atoms with E-state index >= 15 is 0 Å². The number of nitrogen functional groups attached to an aromatic ring is 1. The van der Waals surface area contributed by atoms with Crippen molar-refractivity contribution < 1.29 is 4.79 Å². The van der Waals surface area contributed by atoms with Crippen LogP contribution in [0.3, 0.4) is 0 Å². The van der Waals surface area contributed by atoms with Gasteiger partial charge in [0.25, 0.3) is 0 Å². The summed E-state index contributed by atoms with van der Waals surface area (Å²) in [5, 5.41) is 3.41. The molecular weight excluding hydrogens is 316 g/mol. The Morgan fingerprint density at radius 1 is 1.27 bits per heavy atom. The standard InChI is InChI=1S/C17H19ClN2OS/c1-3-16(22-14-8-5-12(19)6-9-14)17(21)20-13-7-4-11(2)15(18)10-13/h4-10,16H,3,19H2,1-2H3,(H,20,21). The highest BCUT2D eigenvalue weighted by Gasteiger charge is 2.18. The minimum absolute atomic E-state index is 0.0238. The number of nitrogens with one attached hydrogen (secondary N) is 1. The van der Waals surface area contributed by atoms with E-state index in [0.29, 0.717) is 5.02 Å². The number of thioether (sulfide) groups is 1. The zero-order chi connectivity index (χ0) is 16.1. The van der Waals surface area contributed by atoms with Crippen LogP contribution in [0.2, 0.25) is 5.02 Å². The Hall–Kier alpha value is -1.65. The van der Waals surface area contributed by atoms with E-state index < -0.39 is 0 Å². The maximum absolute atomic E-state index is 12.4. The van der Waals surface area contributed by atoms with Crippen LogP contribution in [-0.2, 0) is 4.79 Å². The van der Waals surface area contributed by atoms with E-state index in [-0.39, 0.29) is 11.2 Å². The van der Waals surface area contributed by atoms with Crippen LogP contribution < -0.4 is 11.1 Å². The second-order valence-electron chi connectivity index (χ2n) is 5.04. The van der Waals surface area contributed by atoms with Gasteiger partial charge in [-0.25, -0.2) is 0 Å². The summed E-state index contributed by atoms with van der Waals surface area (Å²) < 4.78 is 0. The Kier molecular flexibility index (Phi) is 5.75. The van der Waals surface area contributed by atoms with E-state index in [4.69, 9.17) is 17.3 Å². The summed E-state index contributed by atoms with van der Waals surface area (Å²) in [6.45, 7) is 3.93. The second kappa shape index (κ2) is 7.56. The molecule has 5 heteroatoms. The Morgan fingerprint density at radius 3 is 2.55 bits per heavy atom. The maximum Gasteiger partial charge on any atom is 0.237 e. The van der Waals surface area contributed by atoms with E-state index in [1.165, 1.54) is 11.8 Å². The Balaban J connectivity index is 2.04. The predicted molar refractivity (Wildman–Crippen MR) is 95.6 cm³/mol. The molecule has 22 heavy (non-hydrogen) atoms. The van der Waals surface area contributed by atoms with Gasteiger partial charge in [-0.15, -0.1) is 11.8 Å². The van der Waals surface area contributed by atoms with Gasteiger partial charge in [-0.3, -0.25) is 4.79 Å². The molecule has 1 unspecified atom stereocenters. The molecule has 2 aromatic carbocycles. The molecule has 2 aromatic rings. The zero-order valence-electron chi connectivity index (χ0n) is 12.6. The number of halogens is 1. The number of carbonyl (C=O) groups excluding carboxylic acids is 1. The number of hydrogen-bond acceptors (Lipinski definition) is 3. The highest BCUT2D eigenvalue weighted by Crippen LogP contribution is 2.28. The fraction of sp³-hybridized carbons (Fsp3) is 0.235. The summed E-state index contributed by atoms with van der Waals surface area (Å²) in [4.78, 5) is 13.4. The molecule has 0 aliphatic carbocycles. The summed E-state index contributed by atoms with van der Waals surface area (Å²) in [5.74, 6) is -0.0238. The molecule has 1 atom stereocenters. The molecule has 0 radical (unpaired) electrons. The van der Waals surface area contributed by atoms with Gasteiger partial charge in [0.2, 0.25) is 5.91 Å². The van der Waals surface area contributed by atoms with Crippen LogP contribution in [0.5, 0.6) is 0 Å². The van der Waals surface area contributed by atoms with Crippen LogP contribution in [0.25, 0.3) is 0 Å². The number of nitrogens with two attached hydrogens (primary N) is 1. The molecule has 0 aromatic heterocycles. The first-order valence-electron chi connectivity index (χ1n) is 7.09. The first kappa shape index (κ1) is 16.7. The van der Waals surface area contributed by atoms with Gasteiger partial charge in [0.15, 0.2) is 0 Å². The Labute approximate surface area is 140 Å². The molecule has 0 saturated carbocycles. The molecule has 0 aliphatic heterocycles. The third-order valence-electron chi connectivity index (χ3n) is 3.26. The topological polar surface area (TPSA) is 55.1 Å². The van der Waals surface area contributed by atoms with Gasteiger partial charge in [0.1, 0.15) is 0 Å². The van der Waals surface area contributed by atoms with Crippen molar-refractivity contribution >= 4 is 40.6 Å². The van der Waals surface area contributed by atoms with Crippen LogP contribution in [0.1, 0.15) is 18.9 Å². The second-order valence-corrected chi connectivity index (χ2v) is 6.72. The number of rotatable bonds is 5. The minimum atomic E-state index is -0.163. The summed E-state index contributed by atoms with van der Waals surface area (Å²) in [6.07, 6.45) is 0.737. The number of amides is 1. The molecule has 0 aliphatic rings. The third kappa shape index (κ3) is 4.42. The van der Waals surface area contributed by atoms with Crippen LogP contribution in [0, 0.1) is 6.92 Å². The predicted octanol–water partition coefficient (Wildman–Crippen LogP) is 4.74. The molecule has 0 bridgehead atoms. The largest absolute Gasteiger partial charge is 0.399 e. The summed E-state index contributed by atoms with van der Waals surface area (Å²) in [5.41, 5.74) is 8.10. The Morgan fingerprint density at radius 2 is 1.95 bits per heavy atom. The normalized spacial score (nSPS) is 12.0. The number of aryl methyl sites for hydroxylation is 1. The lowest BCUT2D eigenvalue weighted by atomic mass is 10.2. The Bertz CT molecular complexity index is 658. The first-order chi connectivity index (χ1) is 10.5. The molecule has 0 spiro atoms. The summed E-state index contributed by atoms with van der Waals surface area (Å²) in [7, 11) is 0. The van der Waals surface area contributed by atoms with Crippen molar-refractivity contribution in [1.29, 1.82) is 0 Å². The van der Waals surface area contributed by atoms with Crippen molar-refractivity contribution in [3.8, 4) is 0 Å². The molecule has 0 saturated heterocycles. The van der Waals surface area contributed by atoms with Crippen molar-refractivity contribution in [2.24, 2.45) is 0 Å². The van der Waals surface area contributed by atoms with E-state index in [9.17, 15) is 4.79 Å². The van der Waals surface area contributed by atoms with Crippen molar-refractivity contribution in [2.45, 2.75) is 30.4 Å². The highest BCUT2D eigenvalue weighted by atomic mass is 35.5. The average Bonchev–Trinajstić information content (AvgIpc) is 2.50. The van der Waals surface area contributed by atoms with Gasteiger partial charge in [-0.1, -0.05) is 24.6 Å². The van der Waals surface area contributed by atoms with Crippen molar-refractivity contribution in [1.82, 2.24) is 0 Å². The molecule has 3 nitrogen and oxygen atoms in total. The third-order valence-corrected chi connectivity index (χ3v) is 5.04. The van der Waals surface area contributed by atoms with Gasteiger partial charge in [0.05, 0.1) is 5.25 Å². The van der Waals surface area contributed by atoms with Crippen LogP contribution in [-0.4, -0.2) is 11.2 Å². The minimum Gasteiger partial charge on any atom is -0.399 e. The molecule has 2 rings (SSSR count). The monoisotopic (exact) mass is 334 g/mol. The first-order valence-corrected chi connectivity index (χ1v) is 8.34. The smallest absolute Gasteiger partial charge is 0.237 e. The number of hydrogen-bond donors (Lipinski definition) is 2. The SMILES string of the molecule is CCC(Sc1ccc(N)cc1)C(=O)Nc1ccc(C)c(Cl)c1. The van der Waals surface area contributed by atoms with Crippen LogP contribution in [0.4, 0.5) is 11.4 Å². The molecule has 0 heterocycles. The quantitative estimate of drug-likeness (QED) is 0.613. The average molecular weight is 335 g/mol. The molecule has 1 amide bonds. The molecule has 116 valence electrons.